The van der Waals surface area contributed by atoms with Crippen LogP contribution in [0.15, 0.2) is 23.8 Å². The average molecular weight is 421 g/mol. The van der Waals surface area contributed by atoms with Gasteiger partial charge in [0.05, 0.1) is 24.2 Å². The van der Waals surface area contributed by atoms with Crippen LogP contribution in [0.5, 0.6) is 0 Å². The van der Waals surface area contributed by atoms with E-state index in [1.54, 1.807) is 13.8 Å². The molecule has 1 heterocycles. The molecule has 3 fully saturated rings. The monoisotopic (exact) mass is 420 g/mol. The summed E-state index contributed by atoms with van der Waals surface area (Å²) < 4.78 is 10.6. The molecule has 1 aliphatic heterocycles. The highest BCUT2D eigenvalue weighted by atomic mass is 16.6. The number of esters is 2. The third-order valence-corrected chi connectivity index (χ3v) is 7.95. The first-order valence-corrected chi connectivity index (χ1v) is 11.1. The highest BCUT2D eigenvalue weighted by molar-refractivity contribution is 5.92. The van der Waals surface area contributed by atoms with Crippen molar-refractivity contribution >= 4 is 11.9 Å². The molecule has 0 spiro atoms. The van der Waals surface area contributed by atoms with Gasteiger partial charge in [-0.2, -0.15) is 0 Å². The third-order valence-electron chi connectivity index (χ3n) is 7.95. The number of cyclic esters (lactones) is 1. The summed E-state index contributed by atoms with van der Waals surface area (Å²) in [5, 5.41) is 20.8. The molecule has 6 atom stereocenters. The van der Waals surface area contributed by atoms with Crippen LogP contribution in [0, 0.1) is 28.6 Å². The van der Waals surface area contributed by atoms with Crippen molar-refractivity contribution < 1.29 is 29.3 Å². The molecular formula is C24H36O6. The minimum Gasteiger partial charge on any atom is -0.458 e. The molecule has 1 saturated heterocycles. The Labute approximate surface area is 179 Å². The maximum Gasteiger partial charge on any atom is 0.337 e. The van der Waals surface area contributed by atoms with E-state index in [2.05, 4.69) is 13.5 Å². The Morgan fingerprint density at radius 3 is 2.70 bits per heavy atom. The molecular weight excluding hydrogens is 384 g/mol. The summed E-state index contributed by atoms with van der Waals surface area (Å²) >= 11 is 0. The van der Waals surface area contributed by atoms with E-state index in [-0.39, 0.29) is 42.4 Å². The van der Waals surface area contributed by atoms with Crippen molar-refractivity contribution in [2.75, 3.05) is 13.2 Å². The molecule has 2 N–H and O–H groups in total. The number of aliphatic hydroxyl groups excluding tert-OH is 2. The molecule has 0 amide bonds. The first-order valence-electron chi connectivity index (χ1n) is 11.1. The largest absolute Gasteiger partial charge is 0.458 e. The maximum atomic E-state index is 12.3. The topological polar surface area (TPSA) is 93.1 Å². The number of carbonyl (C=O) groups excluding carboxylic acids is 2. The van der Waals surface area contributed by atoms with Crippen LogP contribution in [0.1, 0.15) is 59.8 Å². The van der Waals surface area contributed by atoms with Gasteiger partial charge < -0.3 is 19.7 Å². The van der Waals surface area contributed by atoms with Gasteiger partial charge in [0.2, 0.25) is 0 Å². The van der Waals surface area contributed by atoms with Gasteiger partial charge in [0.1, 0.15) is 6.61 Å². The number of hydrogen-bond acceptors (Lipinski definition) is 6. The molecule has 0 bridgehead atoms. The van der Waals surface area contributed by atoms with Gasteiger partial charge in [-0.05, 0) is 49.4 Å². The number of fused-ring (bicyclic) bond motifs is 1. The fourth-order valence-electron chi connectivity index (χ4n) is 5.92. The molecule has 30 heavy (non-hydrogen) atoms. The summed E-state index contributed by atoms with van der Waals surface area (Å²) in [6, 6.07) is 0. The normalized spacial score (nSPS) is 40.4. The summed E-state index contributed by atoms with van der Waals surface area (Å²) in [4.78, 5) is 24.3. The second-order valence-electron chi connectivity index (χ2n) is 10.1. The number of hydrogen-bond donors (Lipinski definition) is 2. The number of aliphatic hydroxyl groups is 2. The average Bonchev–Trinajstić information content (AvgIpc) is 3.04. The van der Waals surface area contributed by atoms with E-state index in [1.807, 2.05) is 13.0 Å². The smallest absolute Gasteiger partial charge is 0.337 e. The minimum atomic E-state index is -0.663. The lowest BCUT2D eigenvalue weighted by atomic mass is 9.46. The number of rotatable bonds is 5. The second kappa shape index (κ2) is 8.46. The zero-order valence-electron chi connectivity index (χ0n) is 18.6. The Hall–Kier alpha value is -1.66. The SMILES string of the molecule is C=C1CCC2[C@](C)(CO)[C@H](O)CC[C@]2(C)[C@H]1C/C=C1/C(=O)OC[C@H]1OC(=O)C(C)C. The zero-order valence-corrected chi connectivity index (χ0v) is 18.6. The van der Waals surface area contributed by atoms with E-state index in [9.17, 15) is 19.8 Å². The summed E-state index contributed by atoms with van der Waals surface area (Å²) in [6.07, 6.45) is 4.50. The van der Waals surface area contributed by atoms with E-state index in [1.165, 1.54) is 0 Å². The van der Waals surface area contributed by atoms with Gasteiger partial charge in [0, 0.05) is 5.41 Å². The second-order valence-corrected chi connectivity index (χ2v) is 10.1. The first-order chi connectivity index (χ1) is 14.0. The Morgan fingerprint density at radius 1 is 1.37 bits per heavy atom. The van der Waals surface area contributed by atoms with Crippen LogP contribution in [0.4, 0.5) is 0 Å². The predicted molar refractivity (Wildman–Crippen MR) is 112 cm³/mol. The van der Waals surface area contributed by atoms with Gasteiger partial charge in [0.25, 0.3) is 0 Å². The number of ether oxygens (including phenoxy) is 2. The minimum absolute atomic E-state index is 0.0474. The fraction of sp³-hybridized carbons (Fsp3) is 0.750. The molecule has 0 aromatic heterocycles. The quantitative estimate of drug-likeness (QED) is 0.403. The number of carbonyl (C=O) groups is 2. The molecule has 2 saturated carbocycles. The fourth-order valence-corrected chi connectivity index (χ4v) is 5.92. The highest BCUT2D eigenvalue weighted by Crippen LogP contribution is 2.61. The maximum absolute atomic E-state index is 12.3. The van der Waals surface area contributed by atoms with Gasteiger partial charge in [-0.1, -0.05) is 45.9 Å². The molecule has 6 nitrogen and oxygen atoms in total. The van der Waals surface area contributed by atoms with Gasteiger partial charge in [-0.25, -0.2) is 4.79 Å². The van der Waals surface area contributed by atoms with Crippen LogP contribution in [0.2, 0.25) is 0 Å². The van der Waals surface area contributed by atoms with Crippen LogP contribution in [-0.4, -0.2) is 47.6 Å². The van der Waals surface area contributed by atoms with E-state index in [0.29, 0.717) is 18.4 Å². The van der Waals surface area contributed by atoms with Crippen molar-refractivity contribution in [1.29, 1.82) is 0 Å². The summed E-state index contributed by atoms with van der Waals surface area (Å²) in [5.41, 5.74) is 0.879. The molecule has 2 aliphatic carbocycles. The van der Waals surface area contributed by atoms with Gasteiger partial charge in [-0.3, -0.25) is 4.79 Å². The van der Waals surface area contributed by atoms with Crippen molar-refractivity contribution in [2.24, 2.45) is 28.6 Å². The standard InChI is InChI=1S/C24H36O6/c1-14(2)21(27)30-18-12-29-22(28)16(18)7-8-17-15(3)6-9-19-23(17,4)11-10-20(26)24(19,5)13-25/h7,14,17-20,25-26H,3,6,8-13H2,1-2,4-5H3/b16-7+/t17-,18+,19?,20+,23+,24-/m0/s1. The van der Waals surface area contributed by atoms with Crippen molar-refractivity contribution in [3.63, 3.8) is 0 Å². The van der Waals surface area contributed by atoms with Crippen molar-refractivity contribution in [2.45, 2.75) is 72.0 Å². The third kappa shape index (κ3) is 3.84. The first kappa shape index (κ1) is 23.0. The number of allylic oxidation sites excluding steroid dienone is 2. The van der Waals surface area contributed by atoms with Crippen molar-refractivity contribution in [1.82, 2.24) is 0 Å². The summed E-state index contributed by atoms with van der Waals surface area (Å²) in [6.45, 7) is 12.1. The molecule has 0 aromatic carbocycles. The zero-order chi connectivity index (χ0) is 22.3. The predicted octanol–water partition coefficient (Wildman–Crippen LogP) is 3.17. The lowest BCUT2D eigenvalue weighted by molar-refractivity contribution is -0.152. The summed E-state index contributed by atoms with van der Waals surface area (Å²) in [5.74, 6) is -0.767. The molecule has 168 valence electrons. The Kier molecular flexibility index (Phi) is 6.49. The van der Waals surface area contributed by atoms with Gasteiger partial charge in [0.15, 0.2) is 6.10 Å². The molecule has 1 unspecified atom stereocenters. The van der Waals surface area contributed by atoms with Crippen LogP contribution in [0.25, 0.3) is 0 Å². The highest BCUT2D eigenvalue weighted by Gasteiger charge is 2.57. The Balaban J connectivity index is 1.84. The van der Waals surface area contributed by atoms with Crippen LogP contribution in [0.3, 0.4) is 0 Å². The lowest BCUT2D eigenvalue weighted by Crippen LogP contribution is -2.57. The van der Waals surface area contributed by atoms with Crippen LogP contribution >= 0.6 is 0 Å². The van der Waals surface area contributed by atoms with Gasteiger partial charge >= 0.3 is 11.9 Å². The van der Waals surface area contributed by atoms with E-state index < -0.39 is 23.6 Å². The Morgan fingerprint density at radius 2 is 2.07 bits per heavy atom. The lowest BCUT2D eigenvalue weighted by Gasteiger charge is -2.59. The molecule has 3 rings (SSSR count). The van der Waals surface area contributed by atoms with Gasteiger partial charge in [-0.15, -0.1) is 0 Å². The van der Waals surface area contributed by atoms with Crippen molar-refractivity contribution in [3.05, 3.63) is 23.8 Å². The van der Waals surface area contributed by atoms with E-state index in [4.69, 9.17) is 9.47 Å². The molecule has 6 heteroatoms. The van der Waals surface area contributed by atoms with E-state index in [0.717, 1.165) is 24.8 Å². The Bertz CT molecular complexity index is 740. The van der Waals surface area contributed by atoms with Crippen molar-refractivity contribution in [3.8, 4) is 0 Å². The van der Waals surface area contributed by atoms with E-state index >= 15 is 0 Å². The summed E-state index contributed by atoms with van der Waals surface area (Å²) in [7, 11) is 0. The molecule has 0 radical (unpaired) electrons. The molecule has 0 aromatic rings. The van der Waals surface area contributed by atoms with Crippen LogP contribution < -0.4 is 0 Å². The van der Waals surface area contributed by atoms with Crippen LogP contribution in [-0.2, 0) is 19.1 Å². The molecule has 3 aliphatic rings.